The number of carbonyl (C=O) groups is 1. The summed E-state index contributed by atoms with van der Waals surface area (Å²) in [6, 6.07) is 16.9. The summed E-state index contributed by atoms with van der Waals surface area (Å²) in [5, 5.41) is 8.95. The number of nitrogens with two attached hydrogens (primary N) is 1. The lowest BCUT2D eigenvalue weighted by Gasteiger charge is -2.21. The van der Waals surface area contributed by atoms with Crippen LogP contribution in [0.1, 0.15) is 21.9 Å². The minimum Gasteiger partial charge on any atom is -0.480 e. The average Bonchev–Trinajstić information content (AvgIpc) is 2.50. The molecule has 2 atom stereocenters. The first-order valence-electron chi connectivity index (χ1n) is 6.78. The maximum atomic E-state index is 11.2. The number of carboxylic acids is 1. The molecule has 0 radical (unpaired) electrons. The number of rotatable bonds is 6. The monoisotopic (exact) mass is 301 g/mol. The van der Waals surface area contributed by atoms with Crippen molar-refractivity contribution >= 4 is 17.7 Å². The molecule has 0 aliphatic heterocycles. The van der Waals surface area contributed by atoms with Gasteiger partial charge in [-0.3, -0.25) is 4.79 Å². The lowest BCUT2D eigenvalue weighted by Crippen LogP contribution is -2.35. The zero-order valence-corrected chi connectivity index (χ0v) is 12.7. The van der Waals surface area contributed by atoms with Crippen molar-refractivity contribution < 1.29 is 9.90 Å². The van der Waals surface area contributed by atoms with E-state index in [2.05, 4.69) is 24.3 Å². The largest absolute Gasteiger partial charge is 0.480 e. The van der Waals surface area contributed by atoms with E-state index in [1.807, 2.05) is 37.3 Å². The number of carboxylic acid groups (broad SMARTS) is 1. The van der Waals surface area contributed by atoms with Crippen molar-refractivity contribution in [2.24, 2.45) is 5.73 Å². The van der Waals surface area contributed by atoms with Gasteiger partial charge >= 0.3 is 5.97 Å². The van der Waals surface area contributed by atoms with E-state index in [9.17, 15) is 9.90 Å². The quantitative estimate of drug-likeness (QED) is 0.858. The van der Waals surface area contributed by atoms with Crippen molar-refractivity contribution in [3.05, 3.63) is 71.3 Å². The summed E-state index contributed by atoms with van der Waals surface area (Å²) in [7, 11) is 0. The molecule has 0 amide bonds. The zero-order valence-electron chi connectivity index (χ0n) is 11.9. The number of thioether (sulfide) groups is 1. The average molecular weight is 301 g/mol. The summed E-state index contributed by atoms with van der Waals surface area (Å²) < 4.78 is 0. The molecule has 2 rings (SSSR count). The molecule has 0 heterocycles. The summed E-state index contributed by atoms with van der Waals surface area (Å²) in [6.07, 6.45) is 0. The predicted octanol–water partition coefficient (Wildman–Crippen LogP) is 3.38. The fraction of sp³-hybridized carbons (Fsp3) is 0.235. The first kappa shape index (κ1) is 15.6. The third-order valence-electron chi connectivity index (χ3n) is 3.29. The molecule has 0 spiro atoms. The summed E-state index contributed by atoms with van der Waals surface area (Å²) in [5.41, 5.74) is 9.19. The Kier molecular flexibility index (Phi) is 5.42. The van der Waals surface area contributed by atoms with Crippen molar-refractivity contribution in [1.82, 2.24) is 0 Å². The zero-order chi connectivity index (χ0) is 15.2. The van der Waals surface area contributed by atoms with Gasteiger partial charge in [-0.1, -0.05) is 60.2 Å². The van der Waals surface area contributed by atoms with Gasteiger partial charge in [0, 0.05) is 5.75 Å². The number of aliphatic carboxylic acids is 1. The van der Waals surface area contributed by atoms with Gasteiger partial charge < -0.3 is 10.8 Å². The summed E-state index contributed by atoms with van der Waals surface area (Å²) in [5.74, 6) is -0.235. The highest BCUT2D eigenvalue weighted by molar-refractivity contribution is 7.98. The van der Waals surface area contributed by atoms with E-state index in [1.54, 1.807) is 11.8 Å². The van der Waals surface area contributed by atoms with Gasteiger partial charge in [-0.2, -0.15) is 0 Å². The summed E-state index contributed by atoms with van der Waals surface area (Å²) in [4.78, 5) is 11.2. The van der Waals surface area contributed by atoms with Crippen LogP contribution in [-0.4, -0.2) is 17.1 Å². The Bertz CT molecular complexity index is 583. The third kappa shape index (κ3) is 4.34. The molecule has 0 aliphatic carbocycles. The predicted molar refractivity (Wildman–Crippen MR) is 87.3 cm³/mol. The molecule has 0 unspecified atom stereocenters. The maximum Gasteiger partial charge on any atom is 0.321 e. The van der Waals surface area contributed by atoms with E-state index < -0.39 is 12.0 Å². The highest BCUT2D eigenvalue weighted by Crippen LogP contribution is 2.34. The van der Waals surface area contributed by atoms with E-state index in [0.717, 1.165) is 11.3 Å². The molecule has 2 aromatic carbocycles. The summed E-state index contributed by atoms with van der Waals surface area (Å²) in [6.45, 7) is 2.05. The van der Waals surface area contributed by atoms with E-state index >= 15 is 0 Å². The molecule has 2 aromatic rings. The topological polar surface area (TPSA) is 63.3 Å². The Hall–Kier alpha value is -1.78. The Labute approximate surface area is 129 Å². The van der Waals surface area contributed by atoms with Gasteiger partial charge in [0.1, 0.15) is 6.04 Å². The van der Waals surface area contributed by atoms with Gasteiger partial charge in [-0.25, -0.2) is 0 Å². The van der Waals surface area contributed by atoms with Gasteiger partial charge in [0.15, 0.2) is 0 Å². The Balaban J connectivity index is 2.13. The summed E-state index contributed by atoms with van der Waals surface area (Å²) >= 11 is 1.56. The van der Waals surface area contributed by atoms with Crippen LogP contribution in [-0.2, 0) is 10.5 Å². The van der Waals surface area contributed by atoms with E-state index in [4.69, 9.17) is 5.73 Å². The van der Waals surface area contributed by atoms with Crippen LogP contribution in [0.5, 0.6) is 0 Å². The van der Waals surface area contributed by atoms with Crippen LogP contribution < -0.4 is 5.73 Å². The van der Waals surface area contributed by atoms with Crippen LogP contribution in [0.25, 0.3) is 0 Å². The Morgan fingerprint density at radius 3 is 2.33 bits per heavy atom. The standard InChI is InChI=1S/C17H19NO2S/c1-12-7-9-13(10-8-12)11-21-16(15(18)17(19)20)14-5-3-2-4-6-14/h2-10,15-16H,11,18H2,1H3,(H,19,20)/t15-,16-/m1/s1. The number of benzene rings is 2. The van der Waals surface area contributed by atoms with E-state index in [-0.39, 0.29) is 5.25 Å². The van der Waals surface area contributed by atoms with Crippen molar-refractivity contribution in [2.45, 2.75) is 24.0 Å². The van der Waals surface area contributed by atoms with E-state index in [0.29, 0.717) is 0 Å². The van der Waals surface area contributed by atoms with Crippen LogP contribution in [0.3, 0.4) is 0 Å². The number of hydrogen-bond donors (Lipinski definition) is 2. The third-order valence-corrected chi connectivity index (χ3v) is 4.71. The van der Waals surface area contributed by atoms with Gasteiger partial charge in [0.2, 0.25) is 0 Å². The molecule has 110 valence electrons. The van der Waals surface area contributed by atoms with Gasteiger partial charge in [0.05, 0.1) is 5.25 Å². The molecule has 0 aliphatic rings. The Morgan fingerprint density at radius 1 is 1.14 bits per heavy atom. The highest BCUT2D eigenvalue weighted by atomic mass is 32.2. The van der Waals surface area contributed by atoms with Crippen LogP contribution in [0, 0.1) is 6.92 Å². The molecular weight excluding hydrogens is 282 g/mol. The fourth-order valence-corrected chi connectivity index (χ4v) is 3.29. The number of hydrogen-bond acceptors (Lipinski definition) is 3. The molecule has 0 saturated heterocycles. The molecule has 3 nitrogen and oxygen atoms in total. The lowest BCUT2D eigenvalue weighted by atomic mass is 10.1. The normalized spacial score (nSPS) is 13.6. The molecule has 21 heavy (non-hydrogen) atoms. The fourth-order valence-electron chi connectivity index (χ4n) is 2.05. The van der Waals surface area contributed by atoms with Crippen LogP contribution in [0.4, 0.5) is 0 Å². The second-order valence-electron chi connectivity index (χ2n) is 4.99. The smallest absolute Gasteiger partial charge is 0.321 e. The lowest BCUT2D eigenvalue weighted by molar-refractivity contribution is -0.138. The second-order valence-corrected chi connectivity index (χ2v) is 6.12. The SMILES string of the molecule is Cc1ccc(CS[C@H](c2ccccc2)[C@@H](N)C(=O)O)cc1. The highest BCUT2D eigenvalue weighted by Gasteiger charge is 2.26. The van der Waals surface area contributed by atoms with Crippen molar-refractivity contribution in [3.63, 3.8) is 0 Å². The first-order chi connectivity index (χ1) is 10.1. The van der Waals surface area contributed by atoms with Crippen LogP contribution in [0.2, 0.25) is 0 Å². The number of aryl methyl sites for hydroxylation is 1. The Morgan fingerprint density at radius 2 is 1.76 bits per heavy atom. The van der Waals surface area contributed by atoms with Gasteiger partial charge in [-0.15, -0.1) is 11.8 Å². The molecule has 0 saturated carbocycles. The maximum absolute atomic E-state index is 11.2. The molecule has 3 N–H and O–H groups in total. The molecule has 0 fully saturated rings. The van der Waals surface area contributed by atoms with Crippen LogP contribution >= 0.6 is 11.8 Å². The van der Waals surface area contributed by atoms with Gasteiger partial charge in [-0.05, 0) is 18.1 Å². The van der Waals surface area contributed by atoms with Crippen LogP contribution in [0.15, 0.2) is 54.6 Å². The van der Waals surface area contributed by atoms with Crippen molar-refractivity contribution in [3.8, 4) is 0 Å². The molecule has 4 heteroatoms. The molecule has 0 aromatic heterocycles. The minimum atomic E-state index is -0.972. The van der Waals surface area contributed by atoms with Crippen molar-refractivity contribution in [2.75, 3.05) is 0 Å². The first-order valence-corrected chi connectivity index (χ1v) is 7.83. The molecule has 0 bridgehead atoms. The van der Waals surface area contributed by atoms with Gasteiger partial charge in [0.25, 0.3) is 0 Å². The van der Waals surface area contributed by atoms with E-state index in [1.165, 1.54) is 11.1 Å². The van der Waals surface area contributed by atoms with Crippen molar-refractivity contribution in [1.29, 1.82) is 0 Å². The second kappa shape index (κ2) is 7.29. The minimum absolute atomic E-state index is 0.259. The molecular formula is C17H19NO2S.